The lowest BCUT2D eigenvalue weighted by Gasteiger charge is -2.14. The van der Waals surface area contributed by atoms with Crippen LogP contribution in [0.25, 0.3) is 10.9 Å². The first kappa shape index (κ1) is 14.3. The third kappa shape index (κ3) is 3.45. The molecule has 106 valence electrons. The number of rotatable bonds is 6. The number of pyridine rings is 1. The summed E-state index contributed by atoms with van der Waals surface area (Å²) in [6, 6.07) is 9.15. The van der Waals surface area contributed by atoms with Crippen LogP contribution in [0.3, 0.4) is 0 Å². The summed E-state index contributed by atoms with van der Waals surface area (Å²) < 4.78 is 5.51. The van der Waals surface area contributed by atoms with Crippen molar-refractivity contribution in [3.63, 3.8) is 0 Å². The van der Waals surface area contributed by atoms with Crippen LogP contribution in [-0.2, 0) is 4.79 Å². The molecule has 0 aliphatic heterocycles. The van der Waals surface area contributed by atoms with Crippen molar-refractivity contribution in [2.75, 3.05) is 13.2 Å². The smallest absolute Gasteiger partial charge is 0.258 e. The second-order valence-electron chi connectivity index (χ2n) is 4.48. The van der Waals surface area contributed by atoms with Gasteiger partial charge in [0.25, 0.3) is 5.91 Å². The van der Waals surface area contributed by atoms with Crippen molar-refractivity contribution in [2.24, 2.45) is 0 Å². The van der Waals surface area contributed by atoms with Gasteiger partial charge in [-0.3, -0.25) is 9.78 Å². The Labute approximate surface area is 117 Å². The summed E-state index contributed by atoms with van der Waals surface area (Å²) in [5.74, 6) is 0.328. The quantitative estimate of drug-likeness (QED) is 0.837. The molecule has 1 amide bonds. The van der Waals surface area contributed by atoms with Crippen LogP contribution in [0.15, 0.2) is 36.5 Å². The molecule has 1 aromatic carbocycles. The number of fused-ring (bicyclic) bond motifs is 1. The average Bonchev–Trinajstić information content (AvgIpc) is 2.50. The Morgan fingerprint density at radius 1 is 1.40 bits per heavy atom. The zero-order chi connectivity index (χ0) is 14.4. The van der Waals surface area contributed by atoms with E-state index in [0.717, 1.165) is 10.9 Å². The van der Waals surface area contributed by atoms with Crippen LogP contribution < -0.4 is 10.1 Å². The maximum absolute atomic E-state index is 11.7. The SMILES string of the molecule is CCC(CO)NC(=O)COc1cccc2cccnc12. The standard InChI is InChI=1S/C15H18N2O3/c1-2-12(9-18)17-14(19)10-20-13-7-3-5-11-6-4-8-16-15(11)13/h3-8,12,18H,2,9-10H2,1H3,(H,17,19). The number of hydrogen-bond acceptors (Lipinski definition) is 4. The maximum Gasteiger partial charge on any atom is 0.258 e. The lowest BCUT2D eigenvalue weighted by Crippen LogP contribution is -2.39. The molecule has 5 nitrogen and oxygen atoms in total. The van der Waals surface area contributed by atoms with E-state index >= 15 is 0 Å². The van der Waals surface area contributed by atoms with Crippen molar-refractivity contribution in [3.05, 3.63) is 36.5 Å². The van der Waals surface area contributed by atoms with E-state index in [0.29, 0.717) is 12.2 Å². The topological polar surface area (TPSA) is 71.5 Å². The van der Waals surface area contributed by atoms with Gasteiger partial charge in [0, 0.05) is 11.6 Å². The van der Waals surface area contributed by atoms with Gasteiger partial charge in [-0.2, -0.15) is 0 Å². The highest BCUT2D eigenvalue weighted by atomic mass is 16.5. The number of amides is 1. The molecule has 2 rings (SSSR count). The number of carbonyl (C=O) groups is 1. The van der Waals surface area contributed by atoms with E-state index in [2.05, 4.69) is 10.3 Å². The van der Waals surface area contributed by atoms with Crippen molar-refractivity contribution in [1.82, 2.24) is 10.3 Å². The van der Waals surface area contributed by atoms with E-state index in [1.54, 1.807) is 12.3 Å². The van der Waals surface area contributed by atoms with Crippen LogP contribution >= 0.6 is 0 Å². The van der Waals surface area contributed by atoms with E-state index in [9.17, 15) is 4.79 Å². The van der Waals surface area contributed by atoms with Crippen molar-refractivity contribution < 1.29 is 14.6 Å². The largest absolute Gasteiger partial charge is 0.481 e. The molecule has 2 N–H and O–H groups in total. The van der Waals surface area contributed by atoms with Gasteiger partial charge in [0.15, 0.2) is 6.61 Å². The number of aromatic nitrogens is 1. The Morgan fingerprint density at radius 3 is 2.95 bits per heavy atom. The summed E-state index contributed by atoms with van der Waals surface area (Å²) in [6.45, 7) is 1.74. The van der Waals surface area contributed by atoms with Crippen LogP contribution in [0.5, 0.6) is 5.75 Å². The molecule has 0 saturated heterocycles. The molecule has 0 spiro atoms. The van der Waals surface area contributed by atoms with Gasteiger partial charge in [0.05, 0.1) is 12.6 Å². The van der Waals surface area contributed by atoms with Gasteiger partial charge in [-0.25, -0.2) is 0 Å². The van der Waals surface area contributed by atoms with Crippen molar-refractivity contribution >= 4 is 16.8 Å². The lowest BCUT2D eigenvalue weighted by molar-refractivity contribution is -0.124. The highest BCUT2D eigenvalue weighted by molar-refractivity contribution is 5.85. The maximum atomic E-state index is 11.7. The highest BCUT2D eigenvalue weighted by Crippen LogP contribution is 2.22. The molecule has 0 saturated carbocycles. The Morgan fingerprint density at radius 2 is 2.20 bits per heavy atom. The zero-order valence-corrected chi connectivity index (χ0v) is 11.4. The first-order chi connectivity index (χ1) is 9.74. The molecule has 1 unspecified atom stereocenters. The summed E-state index contributed by atoms with van der Waals surface area (Å²) in [5, 5.41) is 12.7. The number of aliphatic hydroxyl groups is 1. The normalized spacial score (nSPS) is 12.1. The van der Waals surface area contributed by atoms with Gasteiger partial charge in [-0.05, 0) is 18.6 Å². The number of nitrogens with one attached hydrogen (secondary N) is 1. The fourth-order valence-corrected chi connectivity index (χ4v) is 1.88. The van der Waals surface area contributed by atoms with Crippen LogP contribution in [0.4, 0.5) is 0 Å². The third-order valence-electron chi connectivity index (χ3n) is 3.03. The molecule has 1 atom stereocenters. The first-order valence-corrected chi connectivity index (χ1v) is 6.61. The second-order valence-corrected chi connectivity index (χ2v) is 4.48. The second kappa shape index (κ2) is 6.86. The summed E-state index contributed by atoms with van der Waals surface area (Å²) in [7, 11) is 0. The number of carbonyl (C=O) groups excluding carboxylic acids is 1. The summed E-state index contributed by atoms with van der Waals surface area (Å²) in [4.78, 5) is 16.0. The molecular weight excluding hydrogens is 256 g/mol. The van der Waals surface area contributed by atoms with Gasteiger partial charge in [-0.15, -0.1) is 0 Å². The number of ether oxygens (including phenoxy) is 1. The first-order valence-electron chi connectivity index (χ1n) is 6.61. The molecule has 0 radical (unpaired) electrons. The van der Waals surface area contributed by atoms with E-state index in [1.165, 1.54) is 0 Å². The Kier molecular flexibility index (Phi) is 4.90. The molecule has 5 heteroatoms. The van der Waals surface area contributed by atoms with Gasteiger partial charge < -0.3 is 15.2 Å². The number of benzene rings is 1. The fourth-order valence-electron chi connectivity index (χ4n) is 1.88. The molecule has 1 aromatic heterocycles. The van der Waals surface area contributed by atoms with Crippen LogP contribution in [0.2, 0.25) is 0 Å². The molecule has 0 fully saturated rings. The Hall–Kier alpha value is -2.14. The predicted octanol–water partition coefficient (Wildman–Crippen LogP) is 1.50. The number of hydrogen-bond donors (Lipinski definition) is 2. The number of para-hydroxylation sites is 1. The number of aliphatic hydroxyl groups excluding tert-OH is 1. The molecule has 0 aliphatic rings. The average molecular weight is 274 g/mol. The van der Waals surface area contributed by atoms with E-state index in [1.807, 2.05) is 31.2 Å². The summed E-state index contributed by atoms with van der Waals surface area (Å²) in [6.07, 6.45) is 2.37. The summed E-state index contributed by atoms with van der Waals surface area (Å²) >= 11 is 0. The molecule has 2 aromatic rings. The summed E-state index contributed by atoms with van der Waals surface area (Å²) in [5.41, 5.74) is 0.733. The van der Waals surface area contributed by atoms with Crippen molar-refractivity contribution in [1.29, 1.82) is 0 Å². The Bertz CT molecular complexity index is 577. The molecule has 1 heterocycles. The fraction of sp³-hybridized carbons (Fsp3) is 0.333. The van der Waals surface area contributed by atoms with Gasteiger partial charge >= 0.3 is 0 Å². The third-order valence-corrected chi connectivity index (χ3v) is 3.03. The Balaban J connectivity index is 2.01. The molecule has 0 bridgehead atoms. The molecule has 20 heavy (non-hydrogen) atoms. The number of nitrogens with zero attached hydrogens (tertiary/aromatic N) is 1. The van der Waals surface area contributed by atoms with Gasteiger partial charge in [0.2, 0.25) is 0 Å². The van der Waals surface area contributed by atoms with Crippen molar-refractivity contribution in [3.8, 4) is 5.75 Å². The molecular formula is C15H18N2O3. The monoisotopic (exact) mass is 274 g/mol. The zero-order valence-electron chi connectivity index (χ0n) is 11.4. The van der Waals surface area contributed by atoms with Crippen LogP contribution in [0, 0.1) is 0 Å². The predicted molar refractivity (Wildman–Crippen MR) is 76.5 cm³/mol. The van der Waals surface area contributed by atoms with E-state index < -0.39 is 0 Å². The van der Waals surface area contributed by atoms with E-state index in [-0.39, 0.29) is 25.2 Å². The van der Waals surface area contributed by atoms with Gasteiger partial charge in [-0.1, -0.05) is 25.1 Å². The van der Waals surface area contributed by atoms with Gasteiger partial charge in [0.1, 0.15) is 11.3 Å². The minimum absolute atomic E-state index is 0.0714. The van der Waals surface area contributed by atoms with E-state index in [4.69, 9.17) is 9.84 Å². The minimum Gasteiger partial charge on any atom is -0.481 e. The lowest BCUT2D eigenvalue weighted by atomic mass is 10.2. The van der Waals surface area contributed by atoms with Crippen LogP contribution in [0.1, 0.15) is 13.3 Å². The van der Waals surface area contributed by atoms with Crippen LogP contribution in [-0.4, -0.2) is 35.3 Å². The molecule has 0 aliphatic carbocycles. The highest BCUT2D eigenvalue weighted by Gasteiger charge is 2.10. The van der Waals surface area contributed by atoms with Crippen molar-refractivity contribution in [2.45, 2.75) is 19.4 Å². The minimum atomic E-state index is -0.251.